The summed E-state index contributed by atoms with van der Waals surface area (Å²) in [7, 11) is 0. The van der Waals surface area contributed by atoms with Gasteiger partial charge in [0, 0.05) is 42.5 Å². The first-order valence-electron chi connectivity index (χ1n) is 10.3. The lowest BCUT2D eigenvalue weighted by Crippen LogP contribution is -2.46. The molecule has 31 heavy (non-hydrogen) atoms. The third-order valence-corrected chi connectivity index (χ3v) is 6.42. The van der Waals surface area contributed by atoms with Crippen molar-refractivity contribution in [1.29, 1.82) is 0 Å². The first kappa shape index (κ1) is 20.4. The van der Waals surface area contributed by atoms with Gasteiger partial charge < -0.3 is 13.7 Å². The normalized spacial score (nSPS) is 15.1. The number of hydrogen-bond acceptors (Lipinski definition) is 8. The number of rotatable bonds is 7. The number of halogens is 1. The zero-order chi connectivity index (χ0) is 21.0. The smallest absolute Gasteiger partial charge is 0.298 e. The highest BCUT2D eigenvalue weighted by Crippen LogP contribution is 2.25. The van der Waals surface area contributed by atoms with Crippen molar-refractivity contribution in [2.75, 3.05) is 43.4 Å². The molecular weight excluding hydrogens is 434 g/mol. The Hall–Kier alpha value is -2.55. The molecule has 0 N–H and O–H groups in total. The molecule has 0 bridgehead atoms. The maximum Gasteiger partial charge on any atom is 0.298 e. The highest BCUT2D eigenvalue weighted by atomic mass is 35.5. The van der Waals surface area contributed by atoms with E-state index in [0.717, 1.165) is 67.6 Å². The number of benzene rings is 2. The molecule has 1 aliphatic heterocycles. The van der Waals surface area contributed by atoms with Crippen molar-refractivity contribution in [3.05, 3.63) is 53.6 Å². The van der Waals surface area contributed by atoms with E-state index in [1.54, 1.807) is 11.8 Å². The van der Waals surface area contributed by atoms with Crippen molar-refractivity contribution in [3.63, 3.8) is 0 Å². The molecule has 160 valence electrons. The standard InChI is InChI=1S/C22H22ClN5O2S/c23-17-8-6-16(7-9-17)20-25-26-22(30-20)31-15-3-10-27-11-13-28(14-12-27)21-24-18-4-1-2-5-19(18)29-21/h1-2,4-9H,3,10-15H2. The zero-order valence-electron chi connectivity index (χ0n) is 16.9. The fourth-order valence-electron chi connectivity index (χ4n) is 3.58. The van der Waals surface area contributed by atoms with Gasteiger partial charge in [-0.05, 0) is 49.4 Å². The van der Waals surface area contributed by atoms with E-state index in [1.165, 1.54) is 0 Å². The fourth-order valence-corrected chi connectivity index (χ4v) is 4.39. The van der Waals surface area contributed by atoms with Gasteiger partial charge in [0.05, 0.1) is 0 Å². The average Bonchev–Trinajstić information content (AvgIpc) is 3.45. The summed E-state index contributed by atoms with van der Waals surface area (Å²) in [4.78, 5) is 9.31. The molecule has 7 nitrogen and oxygen atoms in total. The summed E-state index contributed by atoms with van der Waals surface area (Å²) in [5, 5.41) is 9.55. The maximum atomic E-state index is 5.92. The fraction of sp³-hybridized carbons (Fsp3) is 0.318. The van der Waals surface area contributed by atoms with Gasteiger partial charge in [-0.25, -0.2) is 0 Å². The summed E-state index contributed by atoms with van der Waals surface area (Å²) in [5.41, 5.74) is 2.63. The van der Waals surface area contributed by atoms with Crippen LogP contribution in [0.5, 0.6) is 0 Å². The lowest BCUT2D eigenvalue weighted by molar-refractivity contribution is 0.254. The van der Waals surface area contributed by atoms with Crippen molar-refractivity contribution in [3.8, 4) is 11.5 Å². The van der Waals surface area contributed by atoms with Gasteiger partial charge in [0.25, 0.3) is 11.2 Å². The Morgan fingerprint density at radius 2 is 1.74 bits per heavy atom. The van der Waals surface area contributed by atoms with Crippen molar-refractivity contribution in [2.45, 2.75) is 11.6 Å². The molecule has 9 heteroatoms. The molecule has 1 saturated heterocycles. The molecule has 5 rings (SSSR count). The Kier molecular flexibility index (Phi) is 6.11. The monoisotopic (exact) mass is 455 g/mol. The summed E-state index contributed by atoms with van der Waals surface area (Å²) >= 11 is 7.52. The average molecular weight is 456 g/mol. The lowest BCUT2D eigenvalue weighted by atomic mass is 10.2. The van der Waals surface area contributed by atoms with Crippen LogP contribution in [0.1, 0.15) is 6.42 Å². The molecule has 0 saturated carbocycles. The highest BCUT2D eigenvalue weighted by molar-refractivity contribution is 7.99. The SMILES string of the molecule is Clc1ccc(-c2nnc(SCCCN3CCN(c4nc5ccccc5o4)CC3)o2)cc1. The number of thioether (sulfide) groups is 1. The molecule has 1 fully saturated rings. The van der Waals surface area contributed by atoms with Gasteiger partial charge in [0.15, 0.2) is 5.58 Å². The van der Waals surface area contributed by atoms with Crippen LogP contribution in [0.25, 0.3) is 22.6 Å². The predicted molar refractivity (Wildman–Crippen MR) is 123 cm³/mol. The largest absolute Gasteiger partial charge is 0.423 e. The second-order valence-corrected chi connectivity index (χ2v) is 8.86. The lowest BCUT2D eigenvalue weighted by Gasteiger charge is -2.33. The van der Waals surface area contributed by atoms with Crippen LogP contribution >= 0.6 is 23.4 Å². The molecule has 0 radical (unpaired) electrons. The number of aromatic nitrogens is 3. The van der Waals surface area contributed by atoms with Crippen LogP contribution in [0.2, 0.25) is 5.02 Å². The Morgan fingerprint density at radius 1 is 0.935 bits per heavy atom. The van der Waals surface area contributed by atoms with Gasteiger partial charge >= 0.3 is 0 Å². The number of nitrogens with zero attached hydrogens (tertiary/aromatic N) is 5. The van der Waals surface area contributed by atoms with Crippen molar-refractivity contribution in [2.24, 2.45) is 0 Å². The van der Waals surface area contributed by atoms with E-state index in [9.17, 15) is 0 Å². The van der Waals surface area contributed by atoms with E-state index >= 15 is 0 Å². The van der Waals surface area contributed by atoms with Gasteiger partial charge in [0.2, 0.25) is 5.89 Å². The Labute approximate surface area is 189 Å². The first-order valence-corrected chi connectivity index (χ1v) is 11.7. The van der Waals surface area contributed by atoms with Crippen LogP contribution in [-0.2, 0) is 0 Å². The second kappa shape index (κ2) is 9.30. The molecule has 3 heterocycles. The topological polar surface area (TPSA) is 71.4 Å². The van der Waals surface area contributed by atoms with Gasteiger partial charge in [-0.15, -0.1) is 10.2 Å². The quantitative estimate of drug-likeness (QED) is 0.289. The van der Waals surface area contributed by atoms with E-state index in [1.807, 2.05) is 48.5 Å². The molecule has 0 atom stereocenters. The third-order valence-electron chi connectivity index (χ3n) is 5.27. The number of anilines is 1. The third kappa shape index (κ3) is 4.87. The molecular formula is C22H22ClN5O2S. The van der Waals surface area contributed by atoms with Crippen LogP contribution in [-0.4, -0.2) is 58.6 Å². The summed E-state index contributed by atoms with van der Waals surface area (Å²) in [6.07, 6.45) is 1.06. The number of fused-ring (bicyclic) bond motifs is 1. The van der Waals surface area contributed by atoms with E-state index in [4.69, 9.17) is 20.4 Å². The predicted octanol–water partition coefficient (Wildman–Crippen LogP) is 4.84. The van der Waals surface area contributed by atoms with Crippen LogP contribution in [0, 0.1) is 0 Å². The molecule has 1 aliphatic rings. The van der Waals surface area contributed by atoms with Crippen LogP contribution in [0.4, 0.5) is 6.01 Å². The molecule has 0 spiro atoms. The number of para-hydroxylation sites is 2. The summed E-state index contributed by atoms with van der Waals surface area (Å²) in [6, 6.07) is 16.0. The van der Waals surface area contributed by atoms with E-state index in [0.29, 0.717) is 16.1 Å². The summed E-state index contributed by atoms with van der Waals surface area (Å²) in [6.45, 7) is 4.91. The summed E-state index contributed by atoms with van der Waals surface area (Å²) in [5.74, 6) is 1.46. The Bertz CT molecular complexity index is 1110. The van der Waals surface area contributed by atoms with E-state index in [2.05, 4.69) is 25.0 Å². The van der Waals surface area contributed by atoms with Gasteiger partial charge in [-0.1, -0.05) is 35.5 Å². The number of piperazine rings is 1. The molecule has 0 unspecified atom stereocenters. The van der Waals surface area contributed by atoms with Gasteiger partial charge in [-0.2, -0.15) is 4.98 Å². The summed E-state index contributed by atoms with van der Waals surface area (Å²) < 4.78 is 11.6. The number of oxazole rings is 1. The number of hydrogen-bond donors (Lipinski definition) is 0. The molecule has 2 aromatic heterocycles. The second-order valence-electron chi connectivity index (χ2n) is 7.37. The molecule has 4 aromatic rings. The highest BCUT2D eigenvalue weighted by Gasteiger charge is 2.20. The minimum Gasteiger partial charge on any atom is -0.423 e. The van der Waals surface area contributed by atoms with Gasteiger partial charge in [0.1, 0.15) is 5.52 Å². The van der Waals surface area contributed by atoms with E-state index in [-0.39, 0.29) is 0 Å². The van der Waals surface area contributed by atoms with Crippen LogP contribution in [0.15, 0.2) is 62.6 Å². The Morgan fingerprint density at radius 3 is 2.55 bits per heavy atom. The van der Waals surface area contributed by atoms with Gasteiger partial charge in [-0.3, -0.25) is 4.90 Å². The van der Waals surface area contributed by atoms with Crippen molar-refractivity contribution < 1.29 is 8.83 Å². The molecule has 0 amide bonds. The molecule has 2 aromatic carbocycles. The van der Waals surface area contributed by atoms with Crippen molar-refractivity contribution in [1.82, 2.24) is 20.1 Å². The zero-order valence-corrected chi connectivity index (χ0v) is 18.5. The minimum atomic E-state index is 0.523. The maximum absolute atomic E-state index is 5.92. The minimum absolute atomic E-state index is 0.523. The van der Waals surface area contributed by atoms with Crippen LogP contribution < -0.4 is 4.90 Å². The van der Waals surface area contributed by atoms with Crippen LogP contribution in [0.3, 0.4) is 0 Å². The van der Waals surface area contributed by atoms with Crippen molar-refractivity contribution >= 4 is 40.5 Å². The first-order chi connectivity index (χ1) is 15.2. The van der Waals surface area contributed by atoms with E-state index < -0.39 is 0 Å². The molecule has 0 aliphatic carbocycles. The Balaban J connectivity index is 1.05.